The maximum absolute atomic E-state index is 13.6. The third-order valence-corrected chi connectivity index (χ3v) is 3.88. The summed E-state index contributed by atoms with van der Waals surface area (Å²) in [5, 5.41) is 2.38. The molecule has 5 nitrogen and oxygen atoms in total. The third kappa shape index (κ3) is 5.39. The molecular weight excluding hydrogens is 338 g/mol. The Hall–Kier alpha value is -2.32. The van der Waals surface area contributed by atoms with Crippen molar-refractivity contribution in [3.8, 4) is 0 Å². The van der Waals surface area contributed by atoms with Crippen LogP contribution in [-0.4, -0.2) is 20.6 Å². The smallest absolute Gasteiger partial charge is 0.226 e. The van der Waals surface area contributed by atoms with Crippen LogP contribution in [0, 0.1) is 11.6 Å². The zero-order valence-electron chi connectivity index (χ0n) is 12.8. The SMILES string of the molecule is CS(=O)(=O)NC(CC(=O)Nc1ccccc1F)c1ccc(F)cc1. The van der Waals surface area contributed by atoms with Crippen LogP contribution >= 0.6 is 0 Å². The summed E-state index contributed by atoms with van der Waals surface area (Å²) in [6.07, 6.45) is 0.686. The summed E-state index contributed by atoms with van der Waals surface area (Å²) in [7, 11) is -3.61. The Bertz CT molecular complexity index is 823. The van der Waals surface area contributed by atoms with Gasteiger partial charge in [0.25, 0.3) is 0 Å². The largest absolute Gasteiger partial charge is 0.324 e. The molecule has 24 heavy (non-hydrogen) atoms. The maximum Gasteiger partial charge on any atom is 0.226 e. The van der Waals surface area contributed by atoms with Crippen molar-refractivity contribution >= 4 is 21.6 Å². The van der Waals surface area contributed by atoms with Gasteiger partial charge in [-0.1, -0.05) is 24.3 Å². The number of para-hydroxylation sites is 1. The van der Waals surface area contributed by atoms with Crippen LogP contribution < -0.4 is 10.0 Å². The fourth-order valence-corrected chi connectivity index (χ4v) is 2.87. The van der Waals surface area contributed by atoms with Crippen molar-refractivity contribution in [3.05, 3.63) is 65.7 Å². The molecule has 0 aliphatic rings. The molecule has 8 heteroatoms. The summed E-state index contributed by atoms with van der Waals surface area (Å²) in [6.45, 7) is 0. The van der Waals surface area contributed by atoms with Gasteiger partial charge in [0.15, 0.2) is 0 Å². The molecular formula is C16H16F2N2O3S. The normalized spacial score (nSPS) is 12.6. The quantitative estimate of drug-likeness (QED) is 0.837. The Morgan fingerprint density at radius 2 is 1.71 bits per heavy atom. The molecule has 1 unspecified atom stereocenters. The lowest BCUT2D eigenvalue weighted by Crippen LogP contribution is -2.30. The van der Waals surface area contributed by atoms with Crippen molar-refractivity contribution in [3.63, 3.8) is 0 Å². The van der Waals surface area contributed by atoms with E-state index >= 15 is 0 Å². The first kappa shape index (κ1) is 18.0. The van der Waals surface area contributed by atoms with Crippen LogP contribution in [0.4, 0.5) is 14.5 Å². The Morgan fingerprint density at radius 3 is 2.29 bits per heavy atom. The Balaban J connectivity index is 2.17. The lowest BCUT2D eigenvalue weighted by atomic mass is 10.0. The third-order valence-electron chi connectivity index (χ3n) is 3.17. The van der Waals surface area contributed by atoms with E-state index in [2.05, 4.69) is 10.0 Å². The first-order valence-electron chi connectivity index (χ1n) is 7.02. The summed E-state index contributed by atoms with van der Waals surface area (Å²) in [5.41, 5.74) is 0.422. The van der Waals surface area contributed by atoms with E-state index in [9.17, 15) is 22.0 Å². The molecule has 0 fully saturated rings. The molecule has 2 aromatic carbocycles. The molecule has 0 saturated carbocycles. The van der Waals surface area contributed by atoms with Gasteiger partial charge in [-0.05, 0) is 29.8 Å². The number of benzene rings is 2. The average molecular weight is 354 g/mol. The van der Waals surface area contributed by atoms with Gasteiger partial charge < -0.3 is 5.32 Å². The maximum atomic E-state index is 13.6. The summed E-state index contributed by atoms with van der Waals surface area (Å²) in [5.74, 6) is -1.65. The van der Waals surface area contributed by atoms with Crippen LogP contribution in [-0.2, 0) is 14.8 Å². The van der Waals surface area contributed by atoms with Gasteiger partial charge in [0.1, 0.15) is 11.6 Å². The van der Waals surface area contributed by atoms with E-state index in [1.54, 1.807) is 6.07 Å². The highest BCUT2D eigenvalue weighted by atomic mass is 32.2. The van der Waals surface area contributed by atoms with Gasteiger partial charge >= 0.3 is 0 Å². The van der Waals surface area contributed by atoms with Crippen molar-refractivity contribution < 1.29 is 22.0 Å². The van der Waals surface area contributed by atoms with Gasteiger partial charge in [0.2, 0.25) is 15.9 Å². The Kier molecular flexibility index (Phi) is 5.63. The molecule has 2 N–H and O–H groups in total. The number of hydrogen-bond acceptors (Lipinski definition) is 3. The Morgan fingerprint density at radius 1 is 1.08 bits per heavy atom. The molecule has 0 saturated heterocycles. The monoisotopic (exact) mass is 354 g/mol. The van der Waals surface area contributed by atoms with Crippen LogP contribution in [0.25, 0.3) is 0 Å². The van der Waals surface area contributed by atoms with Gasteiger partial charge in [-0.25, -0.2) is 21.9 Å². The number of anilines is 1. The first-order chi connectivity index (χ1) is 11.2. The van der Waals surface area contributed by atoms with Gasteiger partial charge in [-0.3, -0.25) is 4.79 Å². The van der Waals surface area contributed by atoms with E-state index in [4.69, 9.17) is 0 Å². The number of rotatable bonds is 6. The molecule has 0 aliphatic carbocycles. The summed E-state index contributed by atoms with van der Waals surface area (Å²) in [6, 6.07) is 9.84. The second kappa shape index (κ2) is 7.50. The van der Waals surface area contributed by atoms with Crippen LogP contribution in [0.2, 0.25) is 0 Å². The lowest BCUT2D eigenvalue weighted by Gasteiger charge is -2.18. The van der Waals surface area contributed by atoms with Crippen molar-refractivity contribution in [2.45, 2.75) is 12.5 Å². The molecule has 128 valence electrons. The molecule has 0 spiro atoms. The molecule has 0 radical (unpaired) electrons. The second-order valence-corrected chi connectivity index (χ2v) is 7.01. The minimum Gasteiger partial charge on any atom is -0.324 e. The second-order valence-electron chi connectivity index (χ2n) is 5.23. The van der Waals surface area contributed by atoms with E-state index in [1.165, 1.54) is 42.5 Å². The molecule has 0 aliphatic heterocycles. The fourth-order valence-electron chi connectivity index (χ4n) is 2.13. The van der Waals surface area contributed by atoms with E-state index in [0.29, 0.717) is 5.56 Å². The summed E-state index contributed by atoms with van der Waals surface area (Å²) < 4.78 is 51.9. The van der Waals surface area contributed by atoms with Crippen molar-refractivity contribution in [2.24, 2.45) is 0 Å². The molecule has 2 aromatic rings. The number of sulfonamides is 1. The van der Waals surface area contributed by atoms with Crippen molar-refractivity contribution in [1.82, 2.24) is 4.72 Å². The van der Waals surface area contributed by atoms with Crippen LogP contribution in [0.15, 0.2) is 48.5 Å². The van der Waals surface area contributed by atoms with E-state index in [1.807, 2.05) is 0 Å². The summed E-state index contributed by atoms with van der Waals surface area (Å²) in [4.78, 5) is 12.1. The van der Waals surface area contributed by atoms with Gasteiger partial charge in [-0.15, -0.1) is 0 Å². The highest BCUT2D eigenvalue weighted by Gasteiger charge is 2.20. The molecule has 2 rings (SSSR count). The highest BCUT2D eigenvalue weighted by Crippen LogP contribution is 2.20. The number of halogens is 2. The van der Waals surface area contributed by atoms with E-state index < -0.39 is 33.6 Å². The first-order valence-corrected chi connectivity index (χ1v) is 8.91. The minimum atomic E-state index is -3.61. The predicted octanol–water partition coefficient (Wildman–Crippen LogP) is 2.58. The molecule has 1 atom stereocenters. The van der Waals surface area contributed by atoms with Gasteiger partial charge in [0.05, 0.1) is 18.0 Å². The van der Waals surface area contributed by atoms with Crippen LogP contribution in [0.3, 0.4) is 0 Å². The number of nitrogens with one attached hydrogen (secondary N) is 2. The summed E-state index contributed by atoms with van der Waals surface area (Å²) >= 11 is 0. The number of hydrogen-bond donors (Lipinski definition) is 2. The topological polar surface area (TPSA) is 75.3 Å². The molecule has 0 bridgehead atoms. The molecule has 0 heterocycles. The molecule has 0 aromatic heterocycles. The highest BCUT2D eigenvalue weighted by molar-refractivity contribution is 7.88. The van der Waals surface area contributed by atoms with E-state index in [-0.39, 0.29) is 12.1 Å². The van der Waals surface area contributed by atoms with Crippen molar-refractivity contribution in [2.75, 3.05) is 11.6 Å². The van der Waals surface area contributed by atoms with E-state index in [0.717, 1.165) is 6.26 Å². The zero-order chi connectivity index (χ0) is 17.7. The van der Waals surface area contributed by atoms with Crippen LogP contribution in [0.5, 0.6) is 0 Å². The van der Waals surface area contributed by atoms with Gasteiger partial charge in [-0.2, -0.15) is 0 Å². The number of carbonyl (C=O) groups is 1. The zero-order valence-corrected chi connectivity index (χ0v) is 13.6. The average Bonchev–Trinajstić information content (AvgIpc) is 2.48. The number of amides is 1. The van der Waals surface area contributed by atoms with Crippen molar-refractivity contribution in [1.29, 1.82) is 0 Å². The lowest BCUT2D eigenvalue weighted by molar-refractivity contribution is -0.116. The minimum absolute atomic E-state index is 0.000267. The fraction of sp³-hybridized carbons (Fsp3) is 0.188. The molecule has 1 amide bonds. The standard InChI is InChI=1S/C16H16F2N2O3S/c1-24(22,23)20-15(11-6-8-12(17)9-7-11)10-16(21)19-14-5-3-2-4-13(14)18/h2-9,15,20H,10H2,1H3,(H,19,21). The predicted molar refractivity (Wildman–Crippen MR) is 86.8 cm³/mol. The van der Waals surface area contributed by atoms with Gasteiger partial charge in [0, 0.05) is 6.42 Å². The Labute approximate surface area is 138 Å². The van der Waals surface area contributed by atoms with Crippen LogP contribution in [0.1, 0.15) is 18.0 Å². The number of carbonyl (C=O) groups excluding carboxylic acids is 1.